The summed E-state index contributed by atoms with van der Waals surface area (Å²) >= 11 is 1.61. The Balaban J connectivity index is 2.28. The first-order valence-electron chi connectivity index (χ1n) is 4.48. The number of hydrogen-bond acceptors (Lipinski definition) is 3. The molecule has 2 heterocycles. The molecule has 0 saturated heterocycles. The van der Waals surface area contributed by atoms with Crippen molar-refractivity contribution in [3.05, 3.63) is 29.2 Å². The third-order valence-corrected chi connectivity index (χ3v) is 2.89. The van der Waals surface area contributed by atoms with Gasteiger partial charge >= 0.3 is 5.97 Å². The molecular formula is C10H10N2O2S. The van der Waals surface area contributed by atoms with E-state index in [-0.39, 0.29) is 0 Å². The van der Waals surface area contributed by atoms with E-state index in [1.807, 2.05) is 16.8 Å². The summed E-state index contributed by atoms with van der Waals surface area (Å²) in [5.41, 5.74) is 2.02. The summed E-state index contributed by atoms with van der Waals surface area (Å²) in [6, 6.07) is 1.36. The van der Waals surface area contributed by atoms with E-state index in [1.54, 1.807) is 30.7 Å². The molecule has 2 rings (SSSR count). The smallest absolute Gasteiger partial charge is 0.328 e. The van der Waals surface area contributed by atoms with Crippen LogP contribution in [0.1, 0.15) is 13.0 Å². The fourth-order valence-electron chi connectivity index (χ4n) is 1.24. The van der Waals surface area contributed by atoms with Crippen LogP contribution < -0.4 is 0 Å². The molecule has 0 saturated carbocycles. The largest absolute Gasteiger partial charge is 0.480 e. The van der Waals surface area contributed by atoms with Crippen LogP contribution in [-0.2, 0) is 4.79 Å². The zero-order valence-electron chi connectivity index (χ0n) is 8.12. The molecule has 0 radical (unpaired) electrons. The molecule has 2 aromatic heterocycles. The maximum absolute atomic E-state index is 10.7. The van der Waals surface area contributed by atoms with Crippen molar-refractivity contribution < 1.29 is 9.90 Å². The van der Waals surface area contributed by atoms with Crippen molar-refractivity contribution in [2.75, 3.05) is 0 Å². The lowest BCUT2D eigenvalue weighted by Gasteiger charge is -2.04. The second-order valence-corrected chi connectivity index (χ2v) is 4.02. The average molecular weight is 222 g/mol. The Morgan fingerprint density at radius 2 is 2.40 bits per heavy atom. The Hall–Kier alpha value is -1.62. The van der Waals surface area contributed by atoms with Gasteiger partial charge in [-0.2, -0.15) is 16.4 Å². The Morgan fingerprint density at radius 1 is 1.60 bits per heavy atom. The number of hydrogen-bond donors (Lipinski definition) is 1. The second kappa shape index (κ2) is 3.86. The quantitative estimate of drug-likeness (QED) is 0.866. The summed E-state index contributed by atoms with van der Waals surface area (Å²) in [7, 11) is 0. The lowest BCUT2D eigenvalue weighted by Crippen LogP contribution is -2.15. The van der Waals surface area contributed by atoms with Gasteiger partial charge in [0.2, 0.25) is 0 Å². The van der Waals surface area contributed by atoms with Gasteiger partial charge in [-0.05, 0) is 29.3 Å². The molecular weight excluding hydrogens is 212 g/mol. The number of rotatable bonds is 3. The van der Waals surface area contributed by atoms with Crippen molar-refractivity contribution in [2.24, 2.45) is 0 Å². The van der Waals surface area contributed by atoms with E-state index in [0.717, 1.165) is 11.1 Å². The van der Waals surface area contributed by atoms with Crippen molar-refractivity contribution in [2.45, 2.75) is 13.0 Å². The van der Waals surface area contributed by atoms with Crippen molar-refractivity contribution >= 4 is 17.3 Å². The van der Waals surface area contributed by atoms with Crippen LogP contribution in [0.2, 0.25) is 0 Å². The minimum atomic E-state index is -0.880. The van der Waals surface area contributed by atoms with E-state index in [4.69, 9.17) is 5.11 Å². The average Bonchev–Trinajstić information content (AvgIpc) is 2.86. The number of carbonyl (C=O) groups is 1. The van der Waals surface area contributed by atoms with Gasteiger partial charge in [0.1, 0.15) is 6.04 Å². The molecule has 0 spiro atoms. The number of aromatic nitrogens is 2. The highest BCUT2D eigenvalue weighted by molar-refractivity contribution is 7.08. The third kappa shape index (κ3) is 1.92. The highest BCUT2D eigenvalue weighted by Crippen LogP contribution is 2.22. The van der Waals surface area contributed by atoms with Crippen LogP contribution in [0.15, 0.2) is 29.2 Å². The summed E-state index contributed by atoms with van der Waals surface area (Å²) in [6.45, 7) is 1.60. The Morgan fingerprint density at radius 3 is 3.00 bits per heavy atom. The van der Waals surface area contributed by atoms with Crippen LogP contribution in [0, 0.1) is 0 Å². The molecule has 1 unspecified atom stereocenters. The molecule has 4 nitrogen and oxygen atoms in total. The molecule has 0 aliphatic heterocycles. The minimum Gasteiger partial charge on any atom is -0.480 e. The molecule has 0 amide bonds. The van der Waals surface area contributed by atoms with E-state index < -0.39 is 12.0 Å². The molecule has 2 aromatic rings. The summed E-state index contributed by atoms with van der Waals surface area (Å²) in [5, 5.41) is 16.8. The molecule has 0 fully saturated rings. The normalized spacial score (nSPS) is 12.6. The summed E-state index contributed by atoms with van der Waals surface area (Å²) in [6.07, 6.45) is 3.43. The van der Waals surface area contributed by atoms with Gasteiger partial charge in [-0.15, -0.1) is 0 Å². The monoisotopic (exact) mass is 222 g/mol. The van der Waals surface area contributed by atoms with Crippen molar-refractivity contribution in [3.8, 4) is 11.1 Å². The fourth-order valence-corrected chi connectivity index (χ4v) is 1.91. The van der Waals surface area contributed by atoms with Gasteiger partial charge in [-0.25, -0.2) is 4.79 Å². The molecule has 1 N–H and O–H groups in total. The van der Waals surface area contributed by atoms with Gasteiger partial charge in [-0.1, -0.05) is 0 Å². The highest BCUT2D eigenvalue weighted by atomic mass is 32.1. The highest BCUT2D eigenvalue weighted by Gasteiger charge is 2.14. The Kier molecular flexibility index (Phi) is 2.55. The summed E-state index contributed by atoms with van der Waals surface area (Å²) in [5.74, 6) is -0.880. The van der Waals surface area contributed by atoms with Crippen LogP contribution in [0.25, 0.3) is 11.1 Å². The van der Waals surface area contributed by atoms with Crippen LogP contribution in [0.3, 0.4) is 0 Å². The molecule has 0 aliphatic carbocycles. The molecule has 0 aliphatic rings. The zero-order valence-corrected chi connectivity index (χ0v) is 8.94. The van der Waals surface area contributed by atoms with Gasteiger partial charge in [0.05, 0.1) is 6.20 Å². The Labute approximate surface area is 90.8 Å². The number of carboxylic acids is 1. The van der Waals surface area contributed by atoms with E-state index >= 15 is 0 Å². The van der Waals surface area contributed by atoms with Gasteiger partial charge in [-0.3, -0.25) is 4.68 Å². The molecule has 0 aromatic carbocycles. The minimum absolute atomic E-state index is 0.627. The maximum Gasteiger partial charge on any atom is 0.328 e. The van der Waals surface area contributed by atoms with Crippen molar-refractivity contribution in [1.82, 2.24) is 9.78 Å². The topological polar surface area (TPSA) is 55.1 Å². The van der Waals surface area contributed by atoms with Crippen molar-refractivity contribution in [1.29, 1.82) is 0 Å². The van der Waals surface area contributed by atoms with Gasteiger partial charge < -0.3 is 5.11 Å². The van der Waals surface area contributed by atoms with Gasteiger partial charge in [0.15, 0.2) is 0 Å². The molecule has 5 heteroatoms. The third-order valence-electron chi connectivity index (χ3n) is 2.21. The number of aliphatic carboxylic acids is 1. The first kappa shape index (κ1) is 9.92. The number of carboxylic acid groups (broad SMARTS) is 1. The first-order valence-corrected chi connectivity index (χ1v) is 5.42. The van der Waals surface area contributed by atoms with Crippen LogP contribution in [0.5, 0.6) is 0 Å². The first-order chi connectivity index (χ1) is 7.18. The standard InChI is InChI=1S/C10H10N2O2S/c1-7(10(13)14)12-5-9(4-11-12)8-2-3-15-6-8/h2-7H,1H3,(H,13,14). The zero-order chi connectivity index (χ0) is 10.8. The molecule has 15 heavy (non-hydrogen) atoms. The molecule has 0 bridgehead atoms. The van der Waals surface area contributed by atoms with Crippen molar-refractivity contribution in [3.63, 3.8) is 0 Å². The lowest BCUT2D eigenvalue weighted by atomic mass is 10.2. The van der Waals surface area contributed by atoms with Crippen LogP contribution >= 0.6 is 11.3 Å². The lowest BCUT2D eigenvalue weighted by molar-refractivity contribution is -0.140. The molecule has 78 valence electrons. The summed E-state index contributed by atoms with van der Waals surface area (Å²) in [4.78, 5) is 10.7. The second-order valence-electron chi connectivity index (χ2n) is 3.24. The predicted octanol–water partition coefficient (Wildman–Crippen LogP) is 2.26. The van der Waals surface area contributed by atoms with Gasteiger partial charge in [0, 0.05) is 11.8 Å². The van der Waals surface area contributed by atoms with Crippen LogP contribution in [0.4, 0.5) is 0 Å². The van der Waals surface area contributed by atoms with Crippen LogP contribution in [-0.4, -0.2) is 20.9 Å². The van der Waals surface area contributed by atoms with E-state index in [0.29, 0.717) is 0 Å². The van der Waals surface area contributed by atoms with E-state index in [1.165, 1.54) is 4.68 Å². The molecule has 1 atom stereocenters. The van der Waals surface area contributed by atoms with E-state index in [2.05, 4.69) is 5.10 Å². The van der Waals surface area contributed by atoms with Gasteiger partial charge in [0.25, 0.3) is 0 Å². The number of thiophene rings is 1. The predicted molar refractivity (Wildman–Crippen MR) is 57.9 cm³/mol. The maximum atomic E-state index is 10.7. The Bertz CT molecular complexity index is 461. The number of nitrogens with zero attached hydrogens (tertiary/aromatic N) is 2. The summed E-state index contributed by atoms with van der Waals surface area (Å²) < 4.78 is 1.45. The van der Waals surface area contributed by atoms with E-state index in [9.17, 15) is 4.79 Å². The fraction of sp³-hybridized carbons (Fsp3) is 0.200. The SMILES string of the molecule is CC(C(=O)O)n1cc(-c2ccsc2)cn1.